The molecule has 5 atom stereocenters. The van der Waals surface area contributed by atoms with Gasteiger partial charge in [0, 0.05) is 14.0 Å². The average molecular weight is 235 g/mol. The summed E-state index contributed by atoms with van der Waals surface area (Å²) in [5.41, 5.74) is 0. The van der Waals surface area contributed by atoms with Crippen LogP contribution in [0.2, 0.25) is 0 Å². The fourth-order valence-corrected chi connectivity index (χ4v) is 1.64. The molecule has 1 aliphatic heterocycles. The molecule has 16 heavy (non-hydrogen) atoms. The zero-order valence-corrected chi connectivity index (χ0v) is 9.16. The molecule has 7 heteroatoms. The minimum absolute atomic E-state index is 0.0437. The largest absolute Gasteiger partial charge is 0.388 e. The predicted molar refractivity (Wildman–Crippen MR) is 52.4 cm³/mol. The van der Waals surface area contributed by atoms with Crippen LogP contribution >= 0.6 is 0 Å². The number of carbonyl (C=O) groups excluding carboxylic acids is 1. The lowest BCUT2D eigenvalue weighted by molar-refractivity contribution is -0.255. The zero-order chi connectivity index (χ0) is 12.3. The second-order valence-electron chi connectivity index (χ2n) is 3.73. The van der Waals surface area contributed by atoms with Gasteiger partial charge in [0.1, 0.15) is 24.4 Å². The summed E-state index contributed by atoms with van der Waals surface area (Å²) in [7, 11) is 1.41. The zero-order valence-electron chi connectivity index (χ0n) is 9.16. The number of carbonyl (C=O) groups is 1. The number of hydrogen-bond donors (Lipinski definition) is 4. The third-order valence-electron chi connectivity index (χ3n) is 2.42. The smallest absolute Gasteiger partial charge is 0.217 e. The first-order valence-electron chi connectivity index (χ1n) is 4.93. The normalized spacial score (nSPS) is 39.4. The number of ether oxygens (including phenoxy) is 2. The quantitative estimate of drug-likeness (QED) is 0.433. The minimum atomic E-state index is -1.37. The van der Waals surface area contributed by atoms with Crippen LogP contribution in [0.1, 0.15) is 6.92 Å². The van der Waals surface area contributed by atoms with Crippen molar-refractivity contribution < 1.29 is 29.6 Å². The van der Waals surface area contributed by atoms with E-state index >= 15 is 0 Å². The maximum Gasteiger partial charge on any atom is 0.217 e. The van der Waals surface area contributed by atoms with E-state index in [2.05, 4.69) is 5.32 Å². The van der Waals surface area contributed by atoms with Gasteiger partial charge in [-0.3, -0.25) is 4.79 Å². The van der Waals surface area contributed by atoms with Crippen LogP contribution in [0.5, 0.6) is 0 Å². The van der Waals surface area contributed by atoms with Gasteiger partial charge in [0.25, 0.3) is 0 Å². The Morgan fingerprint density at radius 1 is 1.38 bits per heavy atom. The fourth-order valence-electron chi connectivity index (χ4n) is 1.64. The molecule has 1 saturated heterocycles. The van der Waals surface area contributed by atoms with Crippen LogP contribution in [-0.2, 0) is 14.3 Å². The maximum absolute atomic E-state index is 10.8. The van der Waals surface area contributed by atoms with Gasteiger partial charge < -0.3 is 30.1 Å². The van der Waals surface area contributed by atoms with Crippen molar-refractivity contribution in [2.75, 3.05) is 13.7 Å². The highest BCUT2D eigenvalue weighted by molar-refractivity contribution is 5.73. The highest BCUT2D eigenvalue weighted by Gasteiger charge is 2.44. The van der Waals surface area contributed by atoms with Crippen molar-refractivity contribution in [3.63, 3.8) is 0 Å². The molecule has 0 aromatic rings. The van der Waals surface area contributed by atoms with Crippen LogP contribution < -0.4 is 5.32 Å². The standard InChI is InChI=1S/C9H17NO6/c1-4(11)10-6-8(13)7(12)5(3-15-2)16-9(6)14/h5-9,12-14H,3H2,1-2H3,(H,10,11)/t5-,6+,7-,8-,9+/m1/s1. The summed E-state index contributed by atoms with van der Waals surface area (Å²) < 4.78 is 9.80. The third-order valence-corrected chi connectivity index (χ3v) is 2.42. The molecule has 0 bridgehead atoms. The van der Waals surface area contributed by atoms with Crippen LogP contribution in [0.4, 0.5) is 0 Å². The highest BCUT2D eigenvalue weighted by Crippen LogP contribution is 2.20. The molecule has 4 N–H and O–H groups in total. The lowest BCUT2D eigenvalue weighted by Gasteiger charge is -2.40. The molecule has 1 amide bonds. The van der Waals surface area contributed by atoms with E-state index in [1.165, 1.54) is 14.0 Å². The Balaban J connectivity index is 2.67. The fraction of sp³-hybridized carbons (Fsp3) is 0.889. The number of hydrogen-bond acceptors (Lipinski definition) is 6. The second-order valence-corrected chi connectivity index (χ2v) is 3.73. The molecular weight excluding hydrogens is 218 g/mol. The SMILES string of the molecule is COC[C@H]1O[C@H](O)[C@@H](NC(C)=O)[C@@H](O)[C@@H]1O. The summed E-state index contributed by atoms with van der Waals surface area (Å²) in [4.78, 5) is 10.8. The molecule has 0 aromatic heterocycles. The van der Waals surface area contributed by atoms with Crippen molar-refractivity contribution in [2.45, 2.75) is 37.6 Å². The van der Waals surface area contributed by atoms with Gasteiger partial charge in [0.15, 0.2) is 6.29 Å². The Kier molecular flexibility index (Phi) is 4.63. The van der Waals surface area contributed by atoms with E-state index in [1.807, 2.05) is 0 Å². The van der Waals surface area contributed by atoms with Gasteiger partial charge in [-0.1, -0.05) is 0 Å². The Morgan fingerprint density at radius 3 is 2.50 bits per heavy atom. The van der Waals surface area contributed by atoms with E-state index in [4.69, 9.17) is 9.47 Å². The van der Waals surface area contributed by atoms with Crippen molar-refractivity contribution in [2.24, 2.45) is 0 Å². The first-order valence-corrected chi connectivity index (χ1v) is 4.93. The highest BCUT2D eigenvalue weighted by atomic mass is 16.6. The van der Waals surface area contributed by atoms with Gasteiger partial charge >= 0.3 is 0 Å². The first-order chi connectivity index (χ1) is 7.47. The average Bonchev–Trinajstić information content (AvgIpc) is 2.21. The lowest BCUT2D eigenvalue weighted by atomic mass is 9.97. The number of rotatable bonds is 3. The summed E-state index contributed by atoms with van der Waals surface area (Å²) in [5, 5.41) is 31.2. The summed E-state index contributed by atoms with van der Waals surface area (Å²) >= 11 is 0. The number of nitrogens with one attached hydrogen (secondary N) is 1. The van der Waals surface area contributed by atoms with Crippen LogP contribution in [-0.4, -0.2) is 65.6 Å². The van der Waals surface area contributed by atoms with Gasteiger partial charge in [0.05, 0.1) is 6.61 Å². The molecule has 0 spiro atoms. The monoisotopic (exact) mass is 235 g/mol. The van der Waals surface area contributed by atoms with E-state index in [9.17, 15) is 20.1 Å². The molecule has 1 fully saturated rings. The second kappa shape index (κ2) is 5.55. The van der Waals surface area contributed by atoms with E-state index in [1.54, 1.807) is 0 Å². The van der Waals surface area contributed by atoms with Crippen molar-refractivity contribution in [1.82, 2.24) is 5.32 Å². The van der Waals surface area contributed by atoms with Crippen molar-refractivity contribution in [1.29, 1.82) is 0 Å². The van der Waals surface area contributed by atoms with Crippen LogP contribution in [0, 0.1) is 0 Å². The van der Waals surface area contributed by atoms with Crippen LogP contribution in [0.3, 0.4) is 0 Å². The Bertz CT molecular complexity index is 248. The number of methoxy groups -OCH3 is 1. The third kappa shape index (κ3) is 2.89. The van der Waals surface area contributed by atoms with Gasteiger partial charge in [-0.15, -0.1) is 0 Å². The number of aliphatic hydroxyl groups excluding tert-OH is 3. The molecular formula is C9H17NO6. The summed E-state index contributed by atoms with van der Waals surface area (Å²) in [6, 6.07) is -1.04. The van der Waals surface area contributed by atoms with Gasteiger partial charge in [0.2, 0.25) is 5.91 Å². The molecule has 0 unspecified atom stereocenters. The summed E-state index contributed by atoms with van der Waals surface area (Å²) in [6.07, 6.45) is -4.71. The van der Waals surface area contributed by atoms with E-state index in [-0.39, 0.29) is 6.61 Å². The predicted octanol–water partition coefficient (Wildman–Crippen LogP) is -2.42. The number of amides is 1. The lowest BCUT2D eigenvalue weighted by Crippen LogP contribution is -2.64. The van der Waals surface area contributed by atoms with E-state index < -0.39 is 36.6 Å². The molecule has 1 aliphatic rings. The minimum Gasteiger partial charge on any atom is -0.388 e. The van der Waals surface area contributed by atoms with E-state index in [0.717, 1.165) is 0 Å². The van der Waals surface area contributed by atoms with Crippen LogP contribution in [0.25, 0.3) is 0 Å². The molecule has 1 heterocycles. The topological polar surface area (TPSA) is 108 Å². The Labute approximate surface area is 93.0 Å². The molecule has 0 aliphatic carbocycles. The molecule has 0 saturated carbocycles. The summed E-state index contributed by atoms with van der Waals surface area (Å²) in [5.74, 6) is -0.427. The molecule has 7 nitrogen and oxygen atoms in total. The van der Waals surface area contributed by atoms with Gasteiger partial charge in [-0.05, 0) is 0 Å². The van der Waals surface area contributed by atoms with Crippen LogP contribution in [0.15, 0.2) is 0 Å². The van der Waals surface area contributed by atoms with Crippen molar-refractivity contribution in [3.8, 4) is 0 Å². The Hall–Kier alpha value is -0.730. The molecule has 1 rings (SSSR count). The number of aliphatic hydroxyl groups is 3. The van der Waals surface area contributed by atoms with Gasteiger partial charge in [-0.2, -0.15) is 0 Å². The molecule has 0 radical (unpaired) electrons. The molecule has 94 valence electrons. The van der Waals surface area contributed by atoms with Crippen molar-refractivity contribution >= 4 is 5.91 Å². The Morgan fingerprint density at radius 2 is 2.00 bits per heavy atom. The molecule has 0 aromatic carbocycles. The van der Waals surface area contributed by atoms with E-state index in [0.29, 0.717) is 0 Å². The summed E-state index contributed by atoms with van der Waals surface area (Å²) in [6.45, 7) is 1.29. The maximum atomic E-state index is 10.8. The first kappa shape index (κ1) is 13.3. The van der Waals surface area contributed by atoms with Gasteiger partial charge in [-0.25, -0.2) is 0 Å². The van der Waals surface area contributed by atoms with Crippen molar-refractivity contribution in [3.05, 3.63) is 0 Å².